The van der Waals surface area contributed by atoms with Gasteiger partial charge in [0.25, 0.3) is 0 Å². The van der Waals surface area contributed by atoms with Crippen molar-refractivity contribution in [3.8, 4) is 5.75 Å². The van der Waals surface area contributed by atoms with E-state index >= 15 is 0 Å². The molecule has 0 saturated heterocycles. The standard InChI is InChI=1S/C14H18BrN3O/c1-14(5-3-2-4-6-14)9-19-12-7-13-17-16-10-18(13)8-11(12)15/h7-8,10H,2-6,9H2,1H3. The van der Waals surface area contributed by atoms with E-state index in [0.29, 0.717) is 5.41 Å². The molecular formula is C14H18BrN3O. The Morgan fingerprint density at radius 1 is 1.37 bits per heavy atom. The van der Waals surface area contributed by atoms with E-state index in [1.807, 2.05) is 16.7 Å². The predicted molar refractivity (Wildman–Crippen MR) is 77.4 cm³/mol. The summed E-state index contributed by atoms with van der Waals surface area (Å²) in [5, 5.41) is 7.93. The maximum absolute atomic E-state index is 6.03. The lowest BCUT2D eigenvalue weighted by Crippen LogP contribution is -2.27. The van der Waals surface area contributed by atoms with Crippen molar-refractivity contribution in [2.45, 2.75) is 39.0 Å². The molecule has 2 aromatic rings. The number of rotatable bonds is 3. The first-order valence-corrected chi connectivity index (χ1v) is 7.57. The van der Waals surface area contributed by atoms with Crippen molar-refractivity contribution in [1.82, 2.24) is 14.6 Å². The average molecular weight is 324 g/mol. The number of fused-ring (bicyclic) bond motifs is 1. The Balaban J connectivity index is 1.75. The Bertz CT molecular complexity index is 575. The van der Waals surface area contributed by atoms with Crippen LogP contribution < -0.4 is 4.74 Å². The summed E-state index contributed by atoms with van der Waals surface area (Å²) in [6.45, 7) is 3.10. The lowest BCUT2D eigenvalue weighted by atomic mass is 9.76. The van der Waals surface area contributed by atoms with Gasteiger partial charge in [0, 0.05) is 17.7 Å². The third kappa shape index (κ3) is 2.76. The third-order valence-corrected chi connectivity index (χ3v) is 4.58. The Labute approximate surface area is 121 Å². The van der Waals surface area contributed by atoms with E-state index in [1.54, 1.807) is 6.33 Å². The summed E-state index contributed by atoms with van der Waals surface area (Å²) < 4.78 is 8.85. The van der Waals surface area contributed by atoms with Crippen molar-refractivity contribution < 1.29 is 4.74 Å². The van der Waals surface area contributed by atoms with Gasteiger partial charge in [-0.3, -0.25) is 4.40 Å². The van der Waals surface area contributed by atoms with Crippen molar-refractivity contribution in [1.29, 1.82) is 0 Å². The normalized spacial score (nSPS) is 18.6. The number of pyridine rings is 1. The molecule has 1 saturated carbocycles. The summed E-state index contributed by atoms with van der Waals surface area (Å²) in [5.74, 6) is 0.854. The lowest BCUT2D eigenvalue weighted by molar-refractivity contribution is 0.115. The smallest absolute Gasteiger partial charge is 0.164 e. The van der Waals surface area contributed by atoms with E-state index in [9.17, 15) is 0 Å². The molecule has 2 heterocycles. The number of hydrogen-bond donors (Lipinski definition) is 0. The van der Waals surface area contributed by atoms with Crippen LogP contribution in [0.1, 0.15) is 39.0 Å². The molecule has 0 aromatic carbocycles. The van der Waals surface area contributed by atoms with Crippen LogP contribution in [0.2, 0.25) is 0 Å². The highest BCUT2D eigenvalue weighted by Gasteiger charge is 2.27. The summed E-state index contributed by atoms with van der Waals surface area (Å²) >= 11 is 3.54. The second-order valence-corrected chi connectivity index (χ2v) is 6.60. The minimum Gasteiger partial charge on any atom is -0.492 e. The third-order valence-electron chi connectivity index (χ3n) is 3.99. The van der Waals surface area contributed by atoms with Crippen LogP contribution in [0.3, 0.4) is 0 Å². The summed E-state index contributed by atoms with van der Waals surface area (Å²) in [6, 6.07) is 1.93. The van der Waals surface area contributed by atoms with Crippen molar-refractivity contribution in [3.05, 3.63) is 23.1 Å². The van der Waals surface area contributed by atoms with Gasteiger partial charge in [0.05, 0.1) is 11.1 Å². The molecule has 0 radical (unpaired) electrons. The number of nitrogens with zero attached hydrogens (tertiary/aromatic N) is 3. The van der Waals surface area contributed by atoms with Crippen LogP contribution >= 0.6 is 15.9 Å². The fraction of sp³-hybridized carbons (Fsp3) is 0.571. The van der Waals surface area contributed by atoms with E-state index in [2.05, 4.69) is 33.1 Å². The maximum atomic E-state index is 6.03. The first kappa shape index (κ1) is 12.9. The van der Waals surface area contributed by atoms with Crippen LogP contribution in [0.15, 0.2) is 23.1 Å². The molecule has 4 nitrogen and oxygen atoms in total. The van der Waals surface area contributed by atoms with E-state index in [1.165, 1.54) is 32.1 Å². The molecular weight excluding hydrogens is 306 g/mol. The van der Waals surface area contributed by atoms with Crippen LogP contribution in [-0.2, 0) is 0 Å². The van der Waals surface area contributed by atoms with E-state index < -0.39 is 0 Å². The van der Waals surface area contributed by atoms with Gasteiger partial charge in [-0.15, -0.1) is 10.2 Å². The Morgan fingerprint density at radius 2 is 2.16 bits per heavy atom. The number of aromatic nitrogens is 3. The largest absolute Gasteiger partial charge is 0.492 e. The Kier molecular flexibility index (Phi) is 3.48. The van der Waals surface area contributed by atoms with Crippen LogP contribution in [0.5, 0.6) is 5.75 Å². The van der Waals surface area contributed by atoms with Gasteiger partial charge in [-0.05, 0) is 28.8 Å². The molecule has 19 heavy (non-hydrogen) atoms. The minimum atomic E-state index is 0.317. The molecule has 0 amide bonds. The first-order chi connectivity index (χ1) is 9.16. The van der Waals surface area contributed by atoms with Gasteiger partial charge in [-0.25, -0.2) is 0 Å². The van der Waals surface area contributed by atoms with Crippen LogP contribution in [0.25, 0.3) is 5.65 Å². The molecule has 2 aromatic heterocycles. The van der Waals surface area contributed by atoms with Gasteiger partial charge >= 0.3 is 0 Å². The van der Waals surface area contributed by atoms with Crippen LogP contribution in [0.4, 0.5) is 0 Å². The van der Waals surface area contributed by atoms with Crippen molar-refractivity contribution in [2.24, 2.45) is 5.41 Å². The molecule has 5 heteroatoms. The van der Waals surface area contributed by atoms with Crippen LogP contribution in [0, 0.1) is 5.41 Å². The zero-order chi connectivity index (χ0) is 13.3. The molecule has 0 spiro atoms. The molecule has 1 aliphatic carbocycles. The van der Waals surface area contributed by atoms with Gasteiger partial charge < -0.3 is 4.74 Å². The second-order valence-electron chi connectivity index (χ2n) is 5.74. The molecule has 102 valence electrons. The Morgan fingerprint density at radius 3 is 2.95 bits per heavy atom. The van der Waals surface area contributed by atoms with Crippen molar-refractivity contribution in [2.75, 3.05) is 6.61 Å². The summed E-state index contributed by atoms with van der Waals surface area (Å²) in [7, 11) is 0. The molecule has 3 rings (SSSR count). The van der Waals surface area contributed by atoms with Crippen molar-refractivity contribution in [3.63, 3.8) is 0 Å². The van der Waals surface area contributed by atoms with Gasteiger partial charge in [0.2, 0.25) is 0 Å². The first-order valence-electron chi connectivity index (χ1n) is 6.78. The lowest BCUT2D eigenvalue weighted by Gasteiger charge is -2.33. The van der Waals surface area contributed by atoms with Crippen molar-refractivity contribution >= 4 is 21.6 Å². The van der Waals surface area contributed by atoms with Gasteiger partial charge in [0.1, 0.15) is 12.1 Å². The minimum absolute atomic E-state index is 0.317. The predicted octanol–water partition coefficient (Wildman–Crippen LogP) is 3.84. The fourth-order valence-corrected chi connectivity index (χ4v) is 3.19. The van der Waals surface area contributed by atoms with Gasteiger partial charge in [-0.1, -0.05) is 26.2 Å². The Hall–Kier alpha value is -1.10. The second kappa shape index (κ2) is 5.12. The quantitative estimate of drug-likeness (QED) is 0.861. The highest BCUT2D eigenvalue weighted by Crippen LogP contribution is 2.37. The molecule has 0 atom stereocenters. The molecule has 0 N–H and O–H groups in total. The van der Waals surface area contributed by atoms with E-state index in [-0.39, 0.29) is 0 Å². The highest BCUT2D eigenvalue weighted by molar-refractivity contribution is 9.10. The van der Waals surface area contributed by atoms with Gasteiger partial charge in [0.15, 0.2) is 5.65 Å². The summed E-state index contributed by atoms with van der Waals surface area (Å²) in [5.41, 5.74) is 1.13. The summed E-state index contributed by atoms with van der Waals surface area (Å²) in [6.07, 6.45) is 10.2. The van der Waals surface area contributed by atoms with Crippen LogP contribution in [-0.4, -0.2) is 21.2 Å². The molecule has 1 fully saturated rings. The zero-order valence-electron chi connectivity index (χ0n) is 11.1. The fourth-order valence-electron chi connectivity index (χ4n) is 2.74. The van der Waals surface area contributed by atoms with E-state index in [0.717, 1.165) is 22.5 Å². The molecule has 0 unspecified atom stereocenters. The monoisotopic (exact) mass is 323 g/mol. The zero-order valence-corrected chi connectivity index (χ0v) is 12.7. The summed E-state index contributed by atoms with van der Waals surface area (Å²) in [4.78, 5) is 0. The molecule has 0 aliphatic heterocycles. The topological polar surface area (TPSA) is 39.4 Å². The number of halogens is 1. The SMILES string of the molecule is CC1(COc2cc3nncn3cc2Br)CCCCC1. The maximum Gasteiger partial charge on any atom is 0.164 e. The highest BCUT2D eigenvalue weighted by atomic mass is 79.9. The van der Waals surface area contributed by atoms with E-state index in [4.69, 9.17) is 4.74 Å². The molecule has 1 aliphatic rings. The average Bonchev–Trinajstić information content (AvgIpc) is 2.84. The molecule has 0 bridgehead atoms. The number of hydrogen-bond acceptors (Lipinski definition) is 3. The number of ether oxygens (including phenoxy) is 1. The van der Waals surface area contributed by atoms with Gasteiger partial charge in [-0.2, -0.15) is 0 Å².